The van der Waals surface area contributed by atoms with E-state index in [0.717, 1.165) is 6.20 Å². The third kappa shape index (κ3) is 2.87. The lowest BCUT2D eigenvalue weighted by atomic mass is 10.2. The van der Waals surface area contributed by atoms with Crippen molar-refractivity contribution in [2.45, 2.75) is 11.3 Å². The Hall–Kier alpha value is -0.870. The smallest absolute Gasteiger partial charge is 0.358 e. The number of halogens is 4. The summed E-state index contributed by atoms with van der Waals surface area (Å²) in [5, 5.41) is 10.5. The highest BCUT2D eigenvalue weighted by Crippen LogP contribution is 2.38. The summed E-state index contributed by atoms with van der Waals surface area (Å²) in [7, 11) is 0.384. The summed E-state index contributed by atoms with van der Waals surface area (Å²) in [6, 6.07) is 0. The molecule has 0 amide bonds. The summed E-state index contributed by atoms with van der Waals surface area (Å²) in [6.45, 7) is 0. The molecule has 1 rings (SSSR count). The molecule has 0 aliphatic heterocycles. The summed E-state index contributed by atoms with van der Waals surface area (Å²) >= 11 is 2.65. The van der Waals surface area contributed by atoms with Gasteiger partial charge in [0.25, 0.3) is 15.5 Å². The molecular weight excluding hydrogens is 349 g/mol. The Kier molecular flexibility index (Phi) is 3.99. The molecule has 0 saturated heterocycles. The van der Waals surface area contributed by atoms with Crippen LogP contribution in [0.5, 0.6) is 0 Å². The third-order valence-corrected chi connectivity index (χ3v) is 3.89. The van der Waals surface area contributed by atoms with E-state index in [1.54, 1.807) is 0 Å². The van der Waals surface area contributed by atoms with Crippen LogP contribution in [0.1, 0.15) is 12.0 Å². The molecule has 0 aliphatic rings. The molecule has 94 valence electrons. The number of rotatable bonds is 3. The van der Waals surface area contributed by atoms with Crippen molar-refractivity contribution in [3.8, 4) is 0 Å². The van der Waals surface area contributed by atoms with Crippen LogP contribution >= 0.6 is 26.6 Å². The van der Waals surface area contributed by atoms with E-state index >= 15 is 0 Å². The lowest BCUT2D eigenvalue weighted by molar-refractivity contribution is -0.391. The number of pyridine rings is 1. The Labute approximate surface area is 106 Å². The second-order valence-corrected chi connectivity index (χ2v) is 6.03. The molecule has 0 atom stereocenters. The summed E-state index contributed by atoms with van der Waals surface area (Å²) in [4.78, 5) is 11.3. The van der Waals surface area contributed by atoms with Gasteiger partial charge >= 0.3 is 5.82 Å². The topological polar surface area (TPSA) is 90.2 Å². The zero-order valence-electron chi connectivity index (χ0n) is 7.60. The molecule has 0 spiro atoms. The van der Waals surface area contributed by atoms with E-state index in [-0.39, 0.29) is 4.47 Å². The van der Waals surface area contributed by atoms with Gasteiger partial charge in [0.1, 0.15) is 10.5 Å². The van der Waals surface area contributed by atoms with Crippen molar-refractivity contribution in [2.24, 2.45) is 0 Å². The zero-order chi connectivity index (χ0) is 13.4. The van der Waals surface area contributed by atoms with Gasteiger partial charge in [-0.25, -0.2) is 17.2 Å². The maximum absolute atomic E-state index is 12.7. The predicted molar refractivity (Wildman–Crippen MR) is 56.6 cm³/mol. The minimum Gasteiger partial charge on any atom is -0.358 e. The molecule has 6 nitrogen and oxygen atoms in total. The van der Waals surface area contributed by atoms with Crippen LogP contribution in [0.15, 0.2) is 15.6 Å². The van der Waals surface area contributed by atoms with Crippen molar-refractivity contribution in [3.05, 3.63) is 26.3 Å². The van der Waals surface area contributed by atoms with Gasteiger partial charge in [-0.15, -0.1) is 0 Å². The van der Waals surface area contributed by atoms with Crippen molar-refractivity contribution in [1.82, 2.24) is 4.98 Å². The molecule has 0 fully saturated rings. The van der Waals surface area contributed by atoms with Gasteiger partial charge in [0, 0.05) is 10.7 Å². The largest absolute Gasteiger partial charge is 0.373 e. The van der Waals surface area contributed by atoms with Crippen LogP contribution in [0.4, 0.5) is 14.6 Å². The van der Waals surface area contributed by atoms with E-state index in [0.29, 0.717) is 0 Å². The quantitative estimate of drug-likeness (QED) is 0.474. The molecule has 0 N–H and O–H groups in total. The van der Waals surface area contributed by atoms with E-state index in [4.69, 9.17) is 10.7 Å². The van der Waals surface area contributed by atoms with Crippen LogP contribution in [0.2, 0.25) is 0 Å². The molecule has 17 heavy (non-hydrogen) atoms. The van der Waals surface area contributed by atoms with Gasteiger partial charge in [-0.1, -0.05) is 0 Å². The van der Waals surface area contributed by atoms with Gasteiger partial charge in [-0.05, 0) is 25.8 Å². The number of alkyl halides is 2. The third-order valence-electron chi connectivity index (χ3n) is 1.64. The first kappa shape index (κ1) is 14.2. The van der Waals surface area contributed by atoms with E-state index in [2.05, 4.69) is 20.9 Å². The predicted octanol–water partition coefficient (Wildman–Crippen LogP) is 2.62. The van der Waals surface area contributed by atoms with Crippen molar-refractivity contribution in [2.75, 3.05) is 0 Å². The van der Waals surface area contributed by atoms with E-state index in [1.165, 1.54) is 0 Å². The number of hydrogen-bond acceptors (Lipinski definition) is 5. The van der Waals surface area contributed by atoms with Gasteiger partial charge in [0.05, 0.1) is 4.47 Å². The number of aromatic nitrogens is 1. The van der Waals surface area contributed by atoms with Crippen LogP contribution in [-0.4, -0.2) is 18.3 Å². The summed E-state index contributed by atoms with van der Waals surface area (Å²) in [5.74, 6) is -1.25. The number of nitrogens with zero attached hydrogens (tertiary/aromatic N) is 2. The lowest BCUT2D eigenvalue weighted by Crippen LogP contribution is -2.06. The molecule has 1 aromatic rings. The Morgan fingerprint density at radius 2 is 2.06 bits per heavy atom. The summed E-state index contributed by atoms with van der Waals surface area (Å²) < 4.78 is 47.2. The van der Waals surface area contributed by atoms with Crippen molar-refractivity contribution in [1.29, 1.82) is 0 Å². The van der Waals surface area contributed by atoms with Crippen molar-refractivity contribution in [3.63, 3.8) is 0 Å². The second-order valence-electron chi connectivity index (χ2n) is 2.67. The van der Waals surface area contributed by atoms with Gasteiger partial charge in [0.2, 0.25) is 0 Å². The normalized spacial score (nSPS) is 11.8. The monoisotopic (exact) mass is 350 g/mol. The minimum atomic E-state index is -4.56. The average Bonchev–Trinajstić information content (AvgIpc) is 2.14. The van der Waals surface area contributed by atoms with Gasteiger partial charge < -0.3 is 10.1 Å². The highest BCUT2D eigenvalue weighted by molar-refractivity contribution is 9.10. The highest BCUT2D eigenvalue weighted by atomic mass is 79.9. The first-order chi connectivity index (χ1) is 7.66. The van der Waals surface area contributed by atoms with E-state index in [1.807, 2.05) is 0 Å². The first-order valence-electron chi connectivity index (χ1n) is 3.72. The van der Waals surface area contributed by atoms with Crippen molar-refractivity contribution >= 4 is 41.5 Å². The number of hydrogen-bond donors (Lipinski definition) is 0. The van der Waals surface area contributed by atoms with E-state index < -0.39 is 36.7 Å². The van der Waals surface area contributed by atoms with Gasteiger partial charge in [0.15, 0.2) is 6.20 Å². The molecule has 1 heterocycles. The molecule has 0 unspecified atom stereocenters. The fraction of sp³-hybridized carbons (Fsp3) is 0.167. The SMILES string of the molecule is O=[N+]([O-])c1ncc(Br)c(S(=O)(=O)Cl)c1C(F)F. The first-order valence-corrected chi connectivity index (χ1v) is 6.82. The summed E-state index contributed by atoms with van der Waals surface area (Å²) in [5.41, 5.74) is -1.33. The van der Waals surface area contributed by atoms with Crippen LogP contribution in [0.3, 0.4) is 0 Å². The molecule has 0 aromatic carbocycles. The lowest BCUT2D eigenvalue weighted by Gasteiger charge is -2.07. The molecule has 1 aromatic heterocycles. The standard InChI is InChI=1S/C6H2BrClF2N2O4S/c7-2-1-11-6(12(13)14)3(5(9)10)4(2)17(8,15)16/h1,5H. The molecule has 0 radical (unpaired) electrons. The Bertz CT molecular complexity index is 580. The molecule has 0 aliphatic carbocycles. The van der Waals surface area contributed by atoms with Crippen LogP contribution < -0.4 is 0 Å². The maximum Gasteiger partial charge on any atom is 0.373 e. The average molecular weight is 352 g/mol. The number of nitro groups is 1. The van der Waals surface area contributed by atoms with Crippen LogP contribution in [0, 0.1) is 10.1 Å². The van der Waals surface area contributed by atoms with E-state index in [9.17, 15) is 27.3 Å². The summed E-state index contributed by atoms with van der Waals surface area (Å²) in [6.07, 6.45) is -2.68. The Balaban J connectivity index is 3.80. The Morgan fingerprint density at radius 3 is 2.41 bits per heavy atom. The minimum absolute atomic E-state index is 0.367. The molecular formula is C6H2BrClF2N2O4S. The second kappa shape index (κ2) is 4.78. The molecule has 0 bridgehead atoms. The van der Waals surface area contributed by atoms with Gasteiger partial charge in [-0.3, -0.25) is 0 Å². The zero-order valence-corrected chi connectivity index (χ0v) is 10.8. The fourth-order valence-electron chi connectivity index (χ4n) is 1.07. The van der Waals surface area contributed by atoms with Gasteiger partial charge in [-0.2, -0.15) is 0 Å². The molecule has 0 saturated carbocycles. The Morgan fingerprint density at radius 1 is 1.53 bits per heavy atom. The van der Waals surface area contributed by atoms with Crippen LogP contribution in [0.25, 0.3) is 0 Å². The maximum atomic E-state index is 12.7. The van der Waals surface area contributed by atoms with Crippen LogP contribution in [-0.2, 0) is 9.05 Å². The highest BCUT2D eigenvalue weighted by Gasteiger charge is 2.34. The van der Waals surface area contributed by atoms with Crippen molar-refractivity contribution < 1.29 is 22.1 Å². The fourth-order valence-corrected chi connectivity index (χ4v) is 3.53. The molecule has 11 heteroatoms.